The van der Waals surface area contributed by atoms with Gasteiger partial charge in [0.25, 0.3) is 5.91 Å². The van der Waals surface area contributed by atoms with Gasteiger partial charge in [0, 0.05) is 38.3 Å². The number of rotatable bonds is 8. The van der Waals surface area contributed by atoms with Gasteiger partial charge in [-0.2, -0.15) is 0 Å². The number of likely N-dealkylation sites (N-methyl/N-ethyl adjacent to an activating group) is 1. The van der Waals surface area contributed by atoms with Crippen LogP contribution in [0.25, 0.3) is 0 Å². The number of nitrogens with zero attached hydrogens (tertiary/aromatic N) is 3. The van der Waals surface area contributed by atoms with Crippen LogP contribution in [0.2, 0.25) is 0 Å². The van der Waals surface area contributed by atoms with E-state index in [-0.39, 0.29) is 5.91 Å². The van der Waals surface area contributed by atoms with Crippen LogP contribution in [0.5, 0.6) is 0 Å². The Morgan fingerprint density at radius 1 is 1.38 bits per heavy atom. The van der Waals surface area contributed by atoms with Crippen molar-refractivity contribution < 1.29 is 9.59 Å². The second kappa shape index (κ2) is 11.9. The Bertz CT molecular complexity index is 577. The van der Waals surface area contributed by atoms with E-state index in [0.717, 1.165) is 32.0 Å². The average molecular weight is 428 g/mol. The number of pyridine rings is 1. The van der Waals surface area contributed by atoms with Gasteiger partial charge in [0.2, 0.25) is 6.41 Å². The zero-order chi connectivity index (χ0) is 19.5. The number of anilines is 1. The molecule has 1 unspecified atom stereocenters. The molecule has 1 aliphatic heterocycles. The fourth-order valence-corrected chi connectivity index (χ4v) is 3.07. The summed E-state index contributed by atoms with van der Waals surface area (Å²) in [5.41, 5.74) is 0.663. The number of hydrogen-bond acceptors (Lipinski definition) is 5. The molecule has 0 aromatic carbocycles. The van der Waals surface area contributed by atoms with Crippen molar-refractivity contribution >= 4 is 34.1 Å². The molecule has 1 aromatic heterocycles. The van der Waals surface area contributed by atoms with Crippen LogP contribution < -0.4 is 15.5 Å². The van der Waals surface area contributed by atoms with E-state index in [1.165, 1.54) is 6.42 Å². The van der Waals surface area contributed by atoms with Crippen LogP contribution in [-0.4, -0.2) is 68.0 Å². The summed E-state index contributed by atoms with van der Waals surface area (Å²) in [6.07, 6.45) is 1.82. The predicted molar refractivity (Wildman–Crippen MR) is 109 cm³/mol. The molecule has 0 radical (unpaired) electrons. The van der Waals surface area contributed by atoms with E-state index in [1.54, 1.807) is 13.1 Å². The summed E-state index contributed by atoms with van der Waals surface area (Å²) < 4.78 is 0.707. The molecule has 8 heteroatoms. The van der Waals surface area contributed by atoms with Gasteiger partial charge in [-0.1, -0.05) is 13.8 Å². The largest absolute Gasteiger partial charge is 0.362 e. The summed E-state index contributed by atoms with van der Waals surface area (Å²) >= 11 is 3.40. The van der Waals surface area contributed by atoms with Crippen LogP contribution in [0.15, 0.2) is 16.7 Å². The van der Waals surface area contributed by atoms with E-state index in [0.29, 0.717) is 29.2 Å². The molecule has 0 spiro atoms. The standard InChI is InChI=1S/C16H25BrN4O.C2H5NO/c1-4-20(5-2)12(3)11-18-16(22)13-9-14(17)19-15(10-13)21-7-6-8-21;1-3-2-4/h9-10,12H,4-8,11H2,1-3H3,(H,18,22);2H,1H3,(H,3,4). The Hall–Kier alpha value is -1.67. The number of amides is 2. The fraction of sp³-hybridized carbons (Fsp3) is 0.611. The first-order valence-electron chi connectivity index (χ1n) is 9.02. The van der Waals surface area contributed by atoms with Crippen molar-refractivity contribution in [2.75, 3.05) is 44.7 Å². The van der Waals surface area contributed by atoms with Gasteiger partial charge in [-0.3, -0.25) is 14.5 Å². The van der Waals surface area contributed by atoms with Gasteiger partial charge in [0.1, 0.15) is 10.4 Å². The first-order chi connectivity index (χ1) is 12.5. The number of aromatic nitrogens is 1. The molecule has 0 aliphatic carbocycles. The molecule has 7 nitrogen and oxygen atoms in total. The molecular weight excluding hydrogens is 398 g/mol. The van der Waals surface area contributed by atoms with Crippen LogP contribution in [0.3, 0.4) is 0 Å². The number of carbonyl (C=O) groups is 2. The lowest BCUT2D eigenvalue weighted by atomic mass is 10.2. The molecule has 1 fully saturated rings. The van der Waals surface area contributed by atoms with Crippen molar-refractivity contribution in [3.05, 3.63) is 22.3 Å². The summed E-state index contributed by atoms with van der Waals surface area (Å²) in [7, 11) is 1.56. The van der Waals surface area contributed by atoms with Crippen molar-refractivity contribution in [3.63, 3.8) is 0 Å². The molecule has 2 rings (SSSR count). The maximum absolute atomic E-state index is 12.4. The topological polar surface area (TPSA) is 77.6 Å². The normalized spacial score (nSPS) is 14.0. The van der Waals surface area contributed by atoms with E-state index in [1.807, 2.05) is 6.07 Å². The van der Waals surface area contributed by atoms with E-state index >= 15 is 0 Å². The van der Waals surface area contributed by atoms with Gasteiger partial charge in [0.15, 0.2) is 0 Å². The first kappa shape index (κ1) is 22.4. The molecule has 2 N–H and O–H groups in total. The lowest BCUT2D eigenvalue weighted by Crippen LogP contribution is -2.42. The van der Waals surface area contributed by atoms with Crippen LogP contribution in [-0.2, 0) is 4.79 Å². The quantitative estimate of drug-likeness (QED) is 0.489. The minimum absolute atomic E-state index is 0.0381. The lowest BCUT2D eigenvalue weighted by molar-refractivity contribution is -0.109. The van der Waals surface area contributed by atoms with E-state index in [9.17, 15) is 4.79 Å². The third-order valence-corrected chi connectivity index (χ3v) is 4.74. The van der Waals surface area contributed by atoms with E-state index in [2.05, 4.69) is 62.1 Å². The van der Waals surface area contributed by atoms with Crippen molar-refractivity contribution in [1.29, 1.82) is 0 Å². The van der Waals surface area contributed by atoms with Crippen molar-refractivity contribution in [3.8, 4) is 0 Å². The summed E-state index contributed by atoms with van der Waals surface area (Å²) in [5, 5.41) is 5.28. The van der Waals surface area contributed by atoms with Crippen molar-refractivity contribution in [1.82, 2.24) is 20.5 Å². The highest BCUT2D eigenvalue weighted by molar-refractivity contribution is 9.10. The Kier molecular flexibility index (Phi) is 10.2. The van der Waals surface area contributed by atoms with Gasteiger partial charge >= 0.3 is 0 Å². The molecule has 0 bridgehead atoms. The third-order valence-electron chi connectivity index (χ3n) is 4.33. The summed E-state index contributed by atoms with van der Waals surface area (Å²) in [5.74, 6) is 0.839. The van der Waals surface area contributed by atoms with Gasteiger partial charge < -0.3 is 15.5 Å². The molecule has 2 heterocycles. The number of halogens is 1. The van der Waals surface area contributed by atoms with Gasteiger partial charge in [0.05, 0.1) is 0 Å². The SMILES string of the molecule is CCN(CC)C(C)CNC(=O)c1cc(Br)nc(N2CCC2)c1.CNC=O. The molecule has 26 heavy (non-hydrogen) atoms. The van der Waals surface area contributed by atoms with Gasteiger partial charge in [-0.15, -0.1) is 0 Å². The van der Waals surface area contributed by atoms with Crippen LogP contribution in [0.1, 0.15) is 37.6 Å². The monoisotopic (exact) mass is 427 g/mol. The highest BCUT2D eigenvalue weighted by atomic mass is 79.9. The van der Waals surface area contributed by atoms with E-state index < -0.39 is 0 Å². The van der Waals surface area contributed by atoms with Gasteiger partial charge in [-0.25, -0.2) is 4.98 Å². The Morgan fingerprint density at radius 3 is 2.46 bits per heavy atom. The summed E-state index contributed by atoms with van der Waals surface area (Å²) in [6, 6.07) is 3.99. The smallest absolute Gasteiger partial charge is 0.251 e. The minimum Gasteiger partial charge on any atom is -0.362 e. The molecule has 1 aromatic rings. The molecule has 0 saturated carbocycles. The fourth-order valence-electron chi connectivity index (χ4n) is 2.64. The second-order valence-electron chi connectivity index (χ2n) is 6.06. The van der Waals surface area contributed by atoms with Gasteiger partial charge in [-0.05, 0) is 54.5 Å². The highest BCUT2D eigenvalue weighted by Gasteiger charge is 2.19. The maximum Gasteiger partial charge on any atom is 0.251 e. The molecule has 1 atom stereocenters. The third kappa shape index (κ3) is 6.92. The molecule has 1 saturated heterocycles. The van der Waals surface area contributed by atoms with Crippen LogP contribution in [0, 0.1) is 0 Å². The van der Waals surface area contributed by atoms with Crippen LogP contribution >= 0.6 is 15.9 Å². The average Bonchev–Trinajstić information content (AvgIpc) is 2.59. The number of hydrogen-bond donors (Lipinski definition) is 2. The molecule has 1 aliphatic rings. The van der Waals surface area contributed by atoms with E-state index in [4.69, 9.17) is 4.79 Å². The number of carbonyl (C=O) groups excluding carboxylic acids is 2. The summed E-state index contributed by atoms with van der Waals surface area (Å²) in [6.45, 7) is 11.1. The molecule has 2 amide bonds. The Labute approximate surface area is 164 Å². The Balaban J connectivity index is 0.000000765. The second-order valence-corrected chi connectivity index (χ2v) is 6.88. The highest BCUT2D eigenvalue weighted by Crippen LogP contribution is 2.22. The number of nitrogens with one attached hydrogen (secondary N) is 2. The van der Waals surface area contributed by atoms with Crippen molar-refractivity contribution in [2.45, 2.75) is 33.2 Å². The predicted octanol–water partition coefficient (Wildman–Crippen LogP) is 1.88. The van der Waals surface area contributed by atoms with Crippen molar-refractivity contribution in [2.24, 2.45) is 0 Å². The lowest BCUT2D eigenvalue weighted by Gasteiger charge is -2.32. The zero-order valence-corrected chi connectivity index (χ0v) is 17.7. The zero-order valence-electron chi connectivity index (χ0n) is 16.1. The van der Waals surface area contributed by atoms with Crippen LogP contribution in [0.4, 0.5) is 5.82 Å². The Morgan fingerprint density at radius 2 is 2.00 bits per heavy atom. The minimum atomic E-state index is -0.0381. The summed E-state index contributed by atoms with van der Waals surface area (Å²) in [4.78, 5) is 30.4. The maximum atomic E-state index is 12.4. The molecule has 146 valence electrons. The first-order valence-corrected chi connectivity index (χ1v) is 9.81. The molecular formula is C18H30BrN5O2.